The van der Waals surface area contributed by atoms with Crippen molar-refractivity contribution in [1.82, 2.24) is 0 Å². The maximum atomic E-state index is 12.5. The van der Waals surface area contributed by atoms with Crippen LogP contribution in [-0.4, -0.2) is 49.3 Å². The number of carbonyl (C=O) groups is 2. The molecule has 10 heteroatoms. The maximum Gasteiger partial charge on any atom is 0.472 e. The highest BCUT2D eigenvalue weighted by Crippen LogP contribution is 2.43. The van der Waals surface area contributed by atoms with Crippen molar-refractivity contribution in [3.63, 3.8) is 0 Å². The Morgan fingerprint density at radius 2 is 1.08 bits per heavy atom. The van der Waals surface area contributed by atoms with Gasteiger partial charge in [-0.15, -0.1) is 0 Å². The Morgan fingerprint density at radius 3 is 1.63 bits per heavy atom. The molecule has 0 amide bonds. The van der Waals surface area contributed by atoms with E-state index in [0.29, 0.717) is 12.8 Å². The third-order valence-electron chi connectivity index (χ3n) is 8.03. The van der Waals surface area contributed by atoms with Gasteiger partial charge in [0.1, 0.15) is 6.61 Å². The van der Waals surface area contributed by atoms with E-state index in [1.54, 1.807) is 0 Å². The number of rotatable bonds is 36. The first-order chi connectivity index (χ1) is 23.8. The Labute approximate surface area is 299 Å². The average molecular weight is 714 g/mol. The zero-order chi connectivity index (χ0) is 36.1. The van der Waals surface area contributed by atoms with Gasteiger partial charge in [-0.2, -0.15) is 0 Å². The van der Waals surface area contributed by atoms with E-state index in [1.807, 2.05) is 0 Å². The molecule has 0 saturated carbocycles. The van der Waals surface area contributed by atoms with Gasteiger partial charge in [0.2, 0.25) is 0 Å². The maximum absolute atomic E-state index is 12.5. The molecule has 0 aromatic heterocycles. The van der Waals surface area contributed by atoms with Gasteiger partial charge < -0.3 is 20.1 Å². The Balaban J connectivity index is 4.28. The van der Waals surface area contributed by atoms with E-state index in [0.717, 1.165) is 44.9 Å². The van der Waals surface area contributed by atoms with E-state index < -0.39 is 32.5 Å². The van der Waals surface area contributed by atoms with E-state index >= 15 is 0 Å². The summed E-state index contributed by atoms with van der Waals surface area (Å²) >= 11 is 0. The number of hydrogen-bond donors (Lipinski definition) is 2. The lowest BCUT2D eigenvalue weighted by Gasteiger charge is -2.19. The van der Waals surface area contributed by atoms with Crippen LogP contribution in [0.4, 0.5) is 0 Å². The lowest BCUT2D eigenvalue weighted by Crippen LogP contribution is -2.29. The van der Waals surface area contributed by atoms with E-state index in [-0.39, 0.29) is 32.6 Å². The van der Waals surface area contributed by atoms with Crippen molar-refractivity contribution >= 4 is 19.8 Å². The summed E-state index contributed by atoms with van der Waals surface area (Å²) in [5, 5.41) is 0. The minimum atomic E-state index is -4.38. The lowest BCUT2D eigenvalue weighted by atomic mass is 10.1. The zero-order valence-electron chi connectivity index (χ0n) is 31.2. The molecule has 49 heavy (non-hydrogen) atoms. The third-order valence-corrected chi connectivity index (χ3v) is 9.01. The van der Waals surface area contributed by atoms with Crippen molar-refractivity contribution < 1.29 is 37.6 Å². The molecule has 2 atom stereocenters. The second-order valence-corrected chi connectivity index (χ2v) is 14.3. The first-order valence-electron chi connectivity index (χ1n) is 19.5. The van der Waals surface area contributed by atoms with Gasteiger partial charge in [0.25, 0.3) is 0 Å². The molecule has 0 aliphatic carbocycles. The van der Waals surface area contributed by atoms with Crippen LogP contribution in [0.5, 0.6) is 0 Å². The Kier molecular flexibility index (Phi) is 34.7. The lowest BCUT2D eigenvalue weighted by molar-refractivity contribution is -0.161. The fraction of sp³-hybridized carbons (Fsp3) is 0.795. The van der Waals surface area contributed by atoms with Gasteiger partial charge in [-0.1, -0.05) is 147 Å². The quantitative estimate of drug-likeness (QED) is 0.0281. The highest BCUT2D eigenvalue weighted by molar-refractivity contribution is 7.47. The largest absolute Gasteiger partial charge is 0.472 e. The van der Waals surface area contributed by atoms with Crippen LogP contribution in [-0.2, 0) is 32.7 Å². The van der Waals surface area contributed by atoms with Gasteiger partial charge in [-0.25, -0.2) is 4.57 Å². The number of esters is 2. The number of phosphoric ester groups is 1. The molecule has 0 aliphatic heterocycles. The summed E-state index contributed by atoms with van der Waals surface area (Å²) in [6.07, 6.45) is 37.5. The molecule has 0 aliphatic rings. The van der Waals surface area contributed by atoms with Gasteiger partial charge in [-0.05, 0) is 44.9 Å². The number of hydrogen-bond acceptors (Lipinski definition) is 8. The summed E-state index contributed by atoms with van der Waals surface area (Å²) in [5.74, 6) is -0.890. The minimum absolute atomic E-state index is 0.0474. The van der Waals surface area contributed by atoms with Gasteiger partial charge >= 0.3 is 19.8 Å². The molecule has 0 spiro atoms. The molecule has 0 saturated heterocycles. The highest BCUT2D eigenvalue weighted by Gasteiger charge is 2.25. The van der Waals surface area contributed by atoms with E-state index in [9.17, 15) is 19.0 Å². The van der Waals surface area contributed by atoms with Gasteiger partial charge in [-0.3, -0.25) is 18.6 Å². The number of allylic oxidation sites excluding steroid dienone is 6. The first kappa shape index (κ1) is 47.2. The fourth-order valence-electron chi connectivity index (χ4n) is 5.12. The third kappa shape index (κ3) is 35.8. The number of nitrogens with two attached hydrogens (primary N) is 1. The van der Waals surface area contributed by atoms with E-state index in [1.165, 1.54) is 83.5 Å². The molecule has 0 bridgehead atoms. The Hall–Kier alpha value is -1.77. The Morgan fingerprint density at radius 1 is 0.612 bits per heavy atom. The monoisotopic (exact) mass is 713 g/mol. The van der Waals surface area contributed by atoms with Crippen molar-refractivity contribution in [2.24, 2.45) is 5.73 Å². The molecule has 9 nitrogen and oxygen atoms in total. The minimum Gasteiger partial charge on any atom is -0.462 e. The van der Waals surface area contributed by atoms with Crippen molar-refractivity contribution in [1.29, 1.82) is 0 Å². The predicted octanol–water partition coefficient (Wildman–Crippen LogP) is 10.6. The second-order valence-electron chi connectivity index (χ2n) is 12.8. The smallest absolute Gasteiger partial charge is 0.462 e. The van der Waals surface area contributed by atoms with Crippen LogP contribution in [0.3, 0.4) is 0 Å². The zero-order valence-corrected chi connectivity index (χ0v) is 32.1. The predicted molar refractivity (Wildman–Crippen MR) is 201 cm³/mol. The van der Waals surface area contributed by atoms with Crippen molar-refractivity contribution in [3.05, 3.63) is 36.5 Å². The molecule has 0 rings (SSSR count). The summed E-state index contributed by atoms with van der Waals surface area (Å²) in [5.41, 5.74) is 5.32. The summed E-state index contributed by atoms with van der Waals surface area (Å²) in [6, 6.07) is 0. The normalized spacial score (nSPS) is 13.8. The standard InChI is InChI=1S/C39H72NO8P/c1-3-5-7-9-11-13-15-16-17-18-19-20-22-23-25-27-29-31-38(41)45-35-37(36-47-49(43,44)46-34-33-40)48-39(42)32-30-28-26-24-21-14-12-10-8-6-4-2/h16-17,19-20,23,25,37H,3-15,18,21-22,24,26-36,40H2,1-2H3,(H,43,44)/b17-16-,20-19-,25-23-/t37-/m1/s1. The number of carbonyl (C=O) groups excluding carboxylic acids is 2. The van der Waals surface area contributed by atoms with Crippen LogP contribution >= 0.6 is 7.82 Å². The molecule has 1 unspecified atom stereocenters. The molecular formula is C39H72NO8P. The number of phosphoric acid groups is 1. The van der Waals surface area contributed by atoms with Crippen LogP contribution in [0.15, 0.2) is 36.5 Å². The highest BCUT2D eigenvalue weighted by atomic mass is 31.2. The Bertz CT molecular complexity index is 907. The van der Waals surface area contributed by atoms with Crippen molar-refractivity contribution in [2.75, 3.05) is 26.4 Å². The molecule has 286 valence electrons. The molecule has 0 fully saturated rings. The van der Waals surface area contributed by atoms with Crippen LogP contribution in [0, 0.1) is 0 Å². The molecule has 0 heterocycles. The number of unbranched alkanes of at least 4 members (excludes halogenated alkanes) is 17. The van der Waals surface area contributed by atoms with Crippen LogP contribution < -0.4 is 5.73 Å². The van der Waals surface area contributed by atoms with Crippen molar-refractivity contribution in [3.8, 4) is 0 Å². The van der Waals surface area contributed by atoms with Crippen LogP contribution in [0.25, 0.3) is 0 Å². The van der Waals surface area contributed by atoms with E-state index in [4.69, 9.17) is 24.3 Å². The molecular weight excluding hydrogens is 641 g/mol. The SMILES string of the molecule is CCCCCCCC/C=C\C/C=C\C/C=C\CCCC(=O)OC[C@H](COP(=O)(O)OCCN)OC(=O)CCCCCCCCCCCCC. The fourth-order valence-corrected chi connectivity index (χ4v) is 5.89. The first-order valence-corrected chi connectivity index (χ1v) is 21.0. The van der Waals surface area contributed by atoms with Crippen LogP contribution in [0.1, 0.15) is 168 Å². The number of ether oxygens (including phenoxy) is 2. The average Bonchev–Trinajstić information content (AvgIpc) is 3.08. The van der Waals surface area contributed by atoms with Gasteiger partial charge in [0.15, 0.2) is 6.10 Å². The molecule has 0 aromatic carbocycles. The summed E-state index contributed by atoms with van der Waals surface area (Å²) in [6.45, 7) is 3.65. The topological polar surface area (TPSA) is 134 Å². The summed E-state index contributed by atoms with van der Waals surface area (Å²) < 4.78 is 32.6. The van der Waals surface area contributed by atoms with Crippen molar-refractivity contribution in [2.45, 2.75) is 174 Å². The van der Waals surface area contributed by atoms with Gasteiger partial charge in [0, 0.05) is 19.4 Å². The molecule has 3 N–H and O–H groups in total. The van der Waals surface area contributed by atoms with E-state index in [2.05, 4.69) is 50.3 Å². The summed E-state index contributed by atoms with van der Waals surface area (Å²) in [7, 11) is -4.38. The summed E-state index contributed by atoms with van der Waals surface area (Å²) in [4.78, 5) is 34.7. The molecule has 0 radical (unpaired) electrons. The van der Waals surface area contributed by atoms with Gasteiger partial charge in [0.05, 0.1) is 13.2 Å². The second kappa shape index (κ2) is 36.0. The molecule has 0 aromatic rings. The van der Waals surface area contributed by atoms with Crippen LogP contribution in [0.2, 0.25) is 0 Å².